The molecule has 17 N–H and O–H groups in total. The second kappa shape index (κ2) is 46.4. The van der Waals surface area contributed by atoms with Crippen LogP contribution in [0.2, 0.25) is 5.02 Å². The van der Waals surface area contributed by atoms with Gasteiger partial charge in [0, 0.05) is 99.3 Å². The molecule has 126 heavy (non-hydrogen) atoms. The third-order valence-corrected chi connectivity index (χ3v) is 27.4. The molecule has 3 fully saturated rings. The van der Waals surface area contributed by atoms with Gasteiger partial charge in [0.2, 0.25) is 59.1 Å². The molecule has 684 valence electrons. The first-order chi connectivity index (χ1) is 60.0. The van der Waals surface area contributed by atoms with Gasteiger partial charge in [-0.3, -0.25) is 53.3 Å². The number of unbranched alkanes of at least 4 members (excludes halogenated alkanes) is 1. The summed E-state index contributed by atoms with van der Waals surface area (Å²) in [5.74, 6) is -11.4. The number of aromatic amines is 1. The average Bonchev–Trinajstić information content (AvgIpc) is 1.57. The number of benzene rings is 4. The smallest absolute Gasteiger partial charge is 0.409 e. The van der Waals surface area contributed by atoms with Crippen LogP contribution in [0.25, 0.3) is 10.9 Å². The van der Waals surface area contributed by atoms with Crippen molar-refractivity contribution in [2.75, 3.05) is 69.9 Å². The van der Waals surface area contributed by atoms with Gasteiger partial charge in [-0.15, -0.1) is 0 Å². The van der Waals surface area contributed by atoms with Gasteiger partial charge in [0.15, 0.2) is 5.72 Å². The number of aliphatic hydroxyl groups excluding tert-OH is 1. The zero-order valence-corrected chi connectivity index (χ0v) is 75.4. The van der Waals surface area contributed by atoms with Gasteiger partial charge in [0.05, 0.1) is 38.5 Å². The Hall–Kier alpha value is -10.3. The van der Waals surface area contributed by atoms with Crippen molar-refractivity contribution in [3.8, 4) is 11.5 Å². The lowest BCUT2D eigenvalue weighted by Crippen LogP contribution is -2.63. The van der Waals surface area contributed by atoms with Gasteiger partial charge in [-0.1, -0.05) is 146 Å². The van der Waals surface area contributed by atoms with Crippen LogP contribution in [0.3, 0.4) is 0 Å². The number of ether oxygens (including phenoxy) is 6. The monoisotopic (exact) mass is 1840 g/mol. The fraction of sp³-hybridized carbons (Fsp3) is 0.494. The van der Waals surface area contributed by atoms with E-state index in [1.807, 2.05) is 6.92 Å². The highest BCUT2D eigenvalue weighted by Gasteiger charge is 2.65. The Balaban J connectivity index is 0.929. The Morgan fingerprint density at radius 2 is 1.49 bits per heavy atom. The van der Waals surface area contributed by atoms with Gasteiger partial charge in [0.25, 0.3) is 0 Å². The number of hydrogen-bond donors (Lipinski definition) is 15. The van der Waals surface area contributed by atoms with Crippen LogP contribution in [0.5, 0.6) is 11.5 Å². The number of H-pyrrole nitrogens is 1. The minimum absolute atomic E-state index is 0.0511. The van der Waals surface area contributed by atoms with Gasteiger partial charge >= 0.3 is 18.2 Å². The van der Waals surface area contributed by atoms with E-state index in [1.54, 1.807) is 105 Å². The van der Waals surface area contributed by atoms with Crippen molar-refractivity contribution in [3.05, 3.63) is 148 Å². The van der Waals surface area contributed by atoms with E-state index in [1.165, 1.54) is 71.3 Å². The molecular formula is C85H111ClN14O22S4. The van der Waals surface area contributed by atoms with Crippen molar-refractivity contribution in [2.24, 2.45) is 17.4 Å². The van der Waals surface area contributed by atoms with Gasteiger partial charge in [-0.05, 0) is 113 Å². The summed E-state index contributed by atoms with van der Waals surface area (Å²) in [6, 6.07) is 11.1. The molecule has 1 unspecified atom stereocenters. The quantitative estimate of drug-likeness (QED) is 0.0112. The standard InChI is InChI=1S/C85H111ClN14O22S4/c1-45-19-18-25-66(118-9)85(116)40-65(120-83(115)98-85)46(2)72-84(5,122-72)67(39-69(104)100(7)63-36-51(33-45)37-64(117-8)70(63)86)121-81(113)47(3)99(6)68(103)30-32-123-124-42-60(73(88)105)93-79(111)62-44-126-125-43-61(94-76(108)58(96-82(114)119-10)34-49-20-12-11-13-21-49)78(110)91-57(35-50-26-28-53(102)29-27-50)75(107)92-59(38-52-41-89-55-23-15-14-22-54(52)55)77(109)90-56(24-16-17-31-87)74(106)97-71(48(4)101)80(112)95-62/h11-15,18-23,25-29,36-37,41,46-48,56-62,65-67,71-72,89,101-102,116H,16-17,24,30-35,38-40,42-44,87H2,1-10H3,(H2,88,105)(H,90,109)(H,91,110)(H,92,107)(H,93,111)(H,94,108)(H,95,112)(H,96,114)(H,97,106)(H,98,115)/b25-18+,45-19+/t46-,47+,48-,56+,57+,58-,59-,60+,61+,62+,65+,66-,67+,71+,72?,84+,85+/m1/s1. The van der Waals surface area contributed by atoms with Gasteiger partial charge in [-0.25, -0.2) is 14.4 Å². The maximum absolute atomic E-state index is 15.2. The van der Waals surface area contributed by atoms with Crippen molar-refractivity contribution in [2.45, 2.75) is 195 Å². The minimum Gasteiger partial charge on any atom is -0.508 e. The van der Waals surface area contributed by atoms with E-state index in [9.17, 15) is 63.3 Å². The number of fused-ring (bicyclic) bond motifs is 6. The number of likely N-dealkylation sites (N-methyl/N-ethyl adjacent to an activating group) is 1. The summed E-state index contributed by atoms with van der Waals surface area (Å²) in [5, 5.41) is 58.1. The SMILES string of the molecule is COC(=O)N[C@H](Cc1ccccc1)C(=O)N[C@H]1CSSC[C@@H](C(=O)N[C@@H](CSSCCC(=O)N(C)[C@@H](C)C(=O)O[C@H]2CC(=O)N(C)c3cc(cc(OC)c3Cl)C/C(C)=C/C=C/[C@@H](OC)[C@@]3(O)C[C@H](OC(=O)N3)[C@@H](C)C3O[C@]32C)C(N)=O)NC(=O)[C@H]([C@@H](C)O)NC(=O)[C@H](CCCCN)NC(=O)[C@@H](Cc2c[nH]c3ccccc23)NC(=O)[C@H](Cc2ccc(O)cc2)NC1=O. The summed E-state index contributed by atoms with van der Waals surface area (Å²) < 4.78 is 34.6. The van der Waals surface area contributed by atoms with E-state index < -0.39 is 192 Å². The number of para-hydroxylation sites is 1. The van der Waals surface area contributed by atoms with Crippen LogP contribution in [0, 0.1) is 5.92 Å². The Morgan fingerprint density at radius 1 is 0.817 bits per heavy atom. The number of aliphatic hydroxyl groups is 2. The topological polar surface area (TPSA) is 524 Å². The number of nitrogens with one attached hydrogen (secondary N) is 10. The summed E-state index contributed by atoms with van der Waals surface area (Å²) in [4.78, 5) is 193. The summed E-state index contributed by atoms with van der Waals surface area (Å²) in [7, 11) is 10.7. The van der Waals surface area contributed by atoms with Crippen LogP contribution in [-0.2, 0) is 102 Å². The van der Waals surface area contributed by atoms with Gasteiger partial charge in [-0.2, -0.15) is 0 Å². The number of nitrogens with zero attached hydrogens (tertiary/aromatic N) is 2. The van der Waals surface area contributed by atoms with Crippen LogP contribution >= 0.6 is 54.8 Å². The van der Waals surface area contributed by atoms with E-state index in [2.05, 4.69) is 52.8 Å². The molecule has 36 nitrogen and oxygen atoms in total. The highest BCUT2D eigenvalue weighted by molar-refractivity contribution is 8.77. The molecule has 4 bridgehead atoms. The minimum atomic E-state index is -1.96. The number of anilines is 1. The molecule has 0 spiro atoms. The summed E-state index contributed by atoms with van der Waals surface area (Å²) in [5.41, 5.74) is 12.5. The molecule has 4 aromatic carbocycles. The number of esters is 1. The predicted octanol–water partition coefficient (Wildman–Crippen LogP) is 3.71. The number of hydrogen-bond acceptors (Lipinski definition) is 27. The molecule has 5 aromatic rings. The molecule has 12 amide bonds. The maximum atomic E-state index is 15.2. The second-order valence-electron chi connectivity index (χ2n) is 31.4. The number of amides is 12. The average molecular weight is 1840 g/mol. The van der Waals surface area contributed by atoms with Crippen LogP contribution in [0.1, 0.15) is 95.4 Å². The third-order valence-electron chi connectivity index (χ3n) is 22.2. The molecular weight excluding hydrogens is 1730 g/mol. The number of alkyl carbamates (subject to hydrolysis) is 2. The molecule has 4 aliphatic rings. The van der Waals surface area contributed by atoms with E-state index in [-0.39, 0.29) is 91.0 Å². The van der Waals surface area contributed by atoms with Crippen molar-refractivity contribution >= 4 is 149 Å². The number of aromatic nitrogens is 1. The highest BCUT2D eigenvalue weighted by Crippen LogP contribution is 2.49. The van der Waals surface area contributed by atoms with Crippen molar-refractivity contribution < 1.29 is 106 Å². The van der Waals surface area contributed by atoms with Gasteiger partial charge < -0.3 is 113 Å². The predicted molar refractivity (Wildman–Crippen MR) is 476 cm³/mol. The second-order valence-corrected chi connectivity index (χ2v) is 37.0. The molecule has 4 aliphatic heterocycles. The van der Waals surface area contributed by atoms with E-state index in [0.29, 0.717) is 46.0 Å². The Kier molecular flexibility index (Phi) is 36.7. The van der Waals surface area contributed by atoms with E-state index in [0.717, 1.165) is 60.8 Å². The number of halogens is 1. The molecule has 3 saturated heterocycles. The number of aromatic hydroxyl groups is 1. The lowest BCUT2D eigenvalue weighted by molar-refractivity contribution is -0.162. The largest absolute Gasteiger partial charge is 0.508 e. The zero-order chi connectivity index (χ0) is 91.9. The van der Waals surface area contributed by atoms with E-state index >= 15 is 14.4 Å². The summed E-state index contributed by atoms with van der Waals surface area (Å²) >= 11 is 6.90. The number of phenols is 1. The fourth-order valence-electron chi connectivity index (χ4n) is 14.6. The lowest BCUT2D eigenvalue weighted by Gasteiger charge is -2.42. The van der Waals surface area contributed by atoms with Crippen LogP contribution in [0.15, 0.2) is 121 Å². The number of allylic oxidation sites excluding steroid dienone is 3. The normalized spacial score (nSPS) is 25.9. The first-order valence-corrected chi connectivity index (χ1v) is 46.2. The molecule has 41 heteroatoms. The molecule has 0 radical (unpaired) electrons. The van der Waals surface area contributed by atoms with Crippen LogP contribution in [-0.4, -0.2) is 264 Å². The van der Waals surface area contributed by atoms with Gasteiger partial charge in [0.1, 0.15) is 94.8 Å². The number of methoxy groups -OCH3 is 3. The molecule has 0 saturated carbocycles. The molecule has 17 atom stereocenters. The number of carbonyl (C=O) groups excluding carboxylic acids is 13. The Morgan fingerprint density at radius 3 is 2.17 bits per heavy atom. The molecule has 0 aliphatic carbocycles. The number of epoxide rings is 1. The van der Waals surface area contributed by atoms with E-state index in [4.69, 9.17) is 51.5 Å². The molecule has 5 heterocycles. The number of rotatable bonds is 28. The van der Waals surface area contributed by atoms with Crippen molar-refractivity contribution in [1.82, 2.24) is 57.7 Å². The van der Waals surface area contributed by atoms with Crippen LogP contribution in [0.4, 0.5) is 15.3 Å². The third kappa shape index (κ3) is 27.1. The number of carbonyl (C=O) groups is 13. The maximum Gasteiger partial charge on any atom is 0.409 e. The van der Waals surface area contributed by atoms with Crippen molar-refractivity contribution in [3.63, 3.8) is 0 Å². The first-order valence-electron chi connectivity index (χ1n) is 40.8. The zero-order valence-electron chi connectivity index (χ0n) is 71.4. The Labute approximate surface area is 750 Å². The summed E-state index contributed by atoms with van der Waals surface area (Å²) in [6.45, 7) is 8.02. The fourth-order valence-corrected chi connectivity index (χ4v) is 19.4. The number of phenolic OH excluding ortho intramolecular Hbond substituents is 1. The van der Waals surface area contributed by atoms with Crippen LogP contribution < -0.4 is 69.0 Å². The first kappa shape index (κ1) is 99.5. The number of primary amides is 1. The van der Waals surface area contributed by atoms with Crippen molar-refractivity contribution in [1.29, 1.82) is 0 Å². The highest BCUT2D eigenvalue weighted by atomic mass is 35.5. The lowest BCUT2D eigenvalue weighted by atomic mass is 9.83. The Bertz CT molecular complexity index is 4790. The summed E-state index contributed by atoms with van der Waals surface area (Å²) in [6.07, 6.45) is -1.68. The molecule has 9 rings (SSSR count). The molecule has 1 aromatic heterocycles. The number of nitrogens with two attached hydrogens (primary N) is 2.